The first kappa shape index (κ1) is 12.2. The molecule has 1 nitrogen and oxygen atoms in total. The van der Waals surface area contributed by atoms with Crippen LogP contribution in [0.15, 0.2) is 18.2 Å². The Morgan fingerprint density at radius 2 is 1.77 bits per heavy atom. The normalized spacial score (nSPS) is 9.00. The van der Waals surface area contributed by atoms with Crippen molar-refractivity contribution in [2.24, 2.45) is 0 Å². The minimum absolute atomic E-state index is 0.966. The monoisotopic (exact) mass is 179 g/mol. The van der Waals surface area contributed by atoms with Crippen molar-refractivity contribution in [3.05, 3.63) is 34.9 Å². The van der Waals surface area contributed by atoms with Crippen LogP contribution in [0.1, 0.15) is 30.5 Å². The molecule has 74 valence electrons. The van der Waals surface area contributed by atoms with Crippen LogP contribution in [0.2, 0.25) is 0 Å². The molecule has 0 unspecified atom stereocenters. The minimum Gasteiger partial charge on any atom is -0.316 e. The van der Waals surface area contributed by atoms with Crippen LogP contribution in [-0.2, 0) is 6.54 Å². The Hall–Kier alpha value is -0.820. The van der Waals surface area contributed by atoms with E-state index in [0.29, 0.717) is 0 Å². The highest BCUT2D eigenvalue weighted by Gasteiger charge is 1.95. The van der Waals surface area contributed by atoms with E-state index in [1.54, 1.807) is 0 Å². The topological polar surface area (TPSA) is 12.0 Å². The van der Waals surface area contributed by atoms with E-state index in [1.807, 2.05) is 20.9 Å². The lowest BCUT2D eigenvalue weighted by atomic mass is 10.1. The van der Waals surface area contributed by atoms with Gasteiger partial charge in [0.15, 0.2) is 0 Å². The summed E-state index contributed by atoms with van der Waals surface area (Å²) in [6.45, 7) is 9.23. The minimum atomic E-state index is 0.966. The summed E-state index contributed by atoms with van der Waals surface area (Å²) in [6.07, 6.45) is 0. The van der Waals surface area contributed by atoms with Crippen LogP contribution >= 0.6 is 0 Å². The van der Waals surface area contributed by atoms with Crippen molar-refractivity contribution in [1.29, 1.82) is 0 Å². The molecule has 0 radical (unpaired) electrons. The fraction of sp³-hybridized carbons (Fsp3) is 0.500. The Morgan fingerprint density at radius 3 is 2.31 bits per heavy atom. The lowest BCUT2D eigenvalue weighted by Gasteiger charge is -2.05. The van der Waals surface area contributed by atoms with Crippen LogP contribution < -0.4 is 5.32 Å². The second-order valence-corrected chi connectivity index (χ2v) is 2.96. The lowest BCUT2D eigenvalue weighted by Crippen LogP contribution is -2.06. The number of hydrogen-bond donors (Lipinski definition) is 1. The summed E-state index contributed by atoms with van der Waals surface area (Å²) in [4.78, 5) is 0. The maximum absolute atomic E-state index is 3.15. The van der Waals surface area contributed by atoms with Gasteiger partial charge in [-0.1, -0.05) is 37.6 Å². The van der Waals surface area contributed by atoms with Crippen LogP contribution in [0.25, 0.3) is 0 Å². The smallest absolute Gasteiger partial charge is 0.0205 e. The molecule has 0 amide bonds. The Labute approximate surface area is 82.2 Å². The maximum atomic E-state index is 3.15. The molecular weight excluding hydrogens is 158 g/mol. The third-order valence-electron chi connectivity index (χ3n) is 1.87. The Balaban J connectivity index is 0.000000671. The SMILES string of the molecule is CC.CNCc1cc(C)ccc1C. The fourth-order valence-electron chi connectivity index (χ4n) is 1.18. The van der Waals surface area contributed by atoms with Gasteiger partial charge in [-0.25, -0.2) is 0 Å². The van der Waals surface area contributed by atoms with E-state index in [9.17, 15) is 0 Å². The molecule has 0 aliphatic carbocycles. The van der Waals surface area contributed by atoms with Gasteiger partial charge in [0.25, 0.3) is 0 Å². The molecule has 1 rings (SSSR count). The third kappa shape index (κ3) is 4.09. The first-order chi connectivity index (χ1) is 6.24. The van der Waals surface area contributed by atoms with Crippen molar-refractivity contribution in [3.63, 3.8) is 0 Å². The van der Waals surface area contributed by atoms with Gasteiger partial charge in [-0.2, -0.15) is 0 Å². The molecule has 0 saturated heterocycles. The molecule has 0 aromatic heterocycles. The predicted molar refractivity (Wildman–Crippen MR) is 60.0 cm³/mol. The van der Waals surface area contributed by atoms with E-state index in [2.05, 4.69) is 37.4 Å². The second kappa shape index (κ2) is 6.67. The van der Waals surface area contributed by atoms with Crippen molar-refractivity contribution < 1.29 is 0 Å². The summed E-state index contributed by atoms with van der Waals surface area (Å²) in [5.41, 5.74) is 4.10. The molecule has 1 aromatic rings. The zero-order chi connectivity index (χ0) is 10.3. The van der Waals surface area contributed by atoms with Crippen molar-refractivity contribution >= 4 is 0 Å². The van der Waals surface area contributed by atoms with Gasteiger partial charge in [0.1, 0.15) is 0 Å². The Bertz CT molecular complexity index is 241. The molecule has 13 heavy (non-hydrogen) atoms. The summed E-state index contributed by atoms with van der Waals surface area (Å²) in [6, 6.07) is 6.54. The number of hydrogen-bond acceptors (Lipinski definition) is 1. The third-order valence-corrected chi connectivity index (χ3v) is 1.87. The average Bonchev–Trinajstić information content (AvgIpc) is 2.15. The van der Waals surface area contributed by atoms with Gasteiger partial charge in [-0.3, -0.25) is 0 Å². The van der Waals surface area contributed by atoms with E-state index in [-0.39, 0.29) is 0 Å². The fourth-order valence-corrected chi connectivity index (χ4v) is 1.18. The van der Waals surface area contributed by atoms with Gasteiger partial charge in [-0.05, 0) is 32.0 Å². The number of rotatable bonds is 2. The standard InChI is InChI=1S/C10H15N.C2H6/c1-8-4-5-9(2)10(6-8)7-11-3;1-2/h4-6,11H,7H2,1-3H3;1-2H3. The maximum Gasteiger partial charge on any atom is 0.0205 e. The van der Waals surface area contributed by atoms with E-state index in [0.717, 1.165) is 6.54 Å². The highest BCUT2D eigenvalue weighted by atomic mass is 14.8. The first-order valence-electron chi connectivity index (χ1n) is 4.95. The van der Waals surface area contributed by atoms with Gasteiger partial charge in [0.2, 0.25) is 0 Å². The van der Waals surface area contributed by atoms with Crippen LogP contribution in [0.5, 0.6) is 0 Å². The number of nitrogens with one attached hydrogen (secondary N) is 1. The van der Waals surface area contributed by atoms with E-state index in [4.69, 9.17) is 0 Å². The molecule has 0 fully saturated rings. The van der Waals surface area contributed by atoms with Gasteiger partial charge < -0.3 is 5.32 Å². The Kier molecular flexibility index (Phi) is 6.25. The van der Waals surface area contributed by atoms with Gasteiger partial charge >= 0.3 is 0 Å². The van der Waals surface area contributed by atoms with Crippen molar-refractivity contribution in [2.45, 2.75) is 34.2 Å². The van der Waals surface area contributed by atoms with Gasteiger partial charge in [0, 0.05) is 6.54 Å². The zero-order valence-electron chi connectivity index (χ0n) is 9.44. The number of benzene rings is 1. The summed E-state index contributed by atoms with van der Waals surface area (Å²) in [7, 11) is 1.97. The molecule has 0 bridgehead atoms. The van der Waals surface area contributed by atoms with Crippen molar-refractivity contribution in [1.82, 2.24) is 5.32 Å². The summed E-state index contributed by atoms with van der Waals surface area (Å²) in [5.74, 6) is 0. The molecule has 0 saturated carbocycles. The summed E-state index contributed by atoms with van der Waals surface area (Å²) >= 11 is 0. The molecular formula is C12H21N. The summed E-state index contributed by atoms with van der Waals surface area (Å²) in [5, 5.41) is 3.15. The van der Waals surface area contributed by atoms with E-state index >= 15 is 0 Å². The number of aryl methyl sites for hydroxylation is 2. The van der Waals surface area contributed by atoms with Crippen LogP contribution in [0.4, 0.5) is 0 Å². The molecule has 1 heteroatoms. The van der Waals surface area contributed by atoms with Crippen LogP contribution in [0.3, 0.4) is 0 Å². The van der Waals surface area contributed by atoms with Crippen molar-refractivity contribution in [2.75, 3.05) is 7.05 Å². The highest BCUT2D eigenvalue weighted by molar-refractivity contribution is 5.30. The van der Waals surface area contributed by atoms with Crippen molar-refractivity contribution in [3.8, 4) is 0 Å². The lowest BCUT2D eigenvalue weighted by molar-refractivity contribution is 0.811. The molecule has 0 heterocycles. The predicted octanol–water partition coefficient (Wildman–Crippen LogP) is 3.05. The molecule has 1 aromatic carbocycles. The van der Waals surface area contributed by atoms with Crippen LogP contribution in [0, 0.1) is 13.8 Å². The molecule has 1 N–H and O–H groups in total. The molecule has 0 aliphatic heterocycles. The largest absolute Gasteiger partial charge is 0.316 e. The molecule has 0 aliphatic rings. The molecule has 0 spiro atoms. The van der Waals surface area contributed by atoms with Gasteiger partial charge in [0.05, 0.1) is 0 Å². The first-order valence-corrected chi connectivity index (χ1v) is 4.95. The Morgan fingerprint density at radius 1 is 1.15 bits per heavy atom. The van der Waals surface area contributed by atoms with Crippen LogP contribution in [-0.4, -0.2) is 7.05 Å². The highest BCUT2D eigenvalue weighted by Crippen LogP contribution is 2.09. The summed E-state index contributed by atoms with van der Waals surface area (Å²) < 4.78 is 0. The van der Waals surface area contributed by atoms with E-state index < -0.39 is 0 Å². The zero-order valence-corrected chi connectivity index (χ0v) is 9.44. The quantitative estimate of drug-likeness (QED) is 0.735. The average molecular weight is 179 g/mol. The molecule has 0 atom stereocenters. The van der Waals surface area contributed by atoms with Gasteiger partial charge in [-0.15, -0.1) is 0 Å². The second-order valence-electron chi connectivity index (χ2n) is 2.96. The van der Waals surface area contributed by atoms with E-state index in [1.165, 1.54) is 16.7 Å².